The van der Waals surface area contributed by atoms with E-state index in [4.69, 9.17) is 0 Å². The molecule has 0 aliphatic heterocycles. The zero-order valence-electron chi connectivity index (χ0n) is 10.2. The normalized spacial score (nSPS) is 13.2. The molecule has 2 rings (SSSR count). The topological polar surface area (TPSA) is 38.0 Å². The molecule has 1 atom stereocenters. The van der Waals surface area contributed by atoms with E-state index < -0.39 is 0 Å². The second-order valence-corrected chi connectivity index (χ2v) is 5.35. The van der Waals surface area contributed by atoms with Crippen molar-refractivity contribution >= 4 is 11.3 Å². The zero-order chi connectivity index (χ0) is 12.3. The predicted octanol–water partition coefficient (Wildman–Crippen LogP) is 2.67. The Morgan fingerprint density at radius 3 is 2.76 bits per heavy atom. The van der Waals surface area contributed by atoms with Crippen LogP contribution in [0.1, 0.15) is 31.1 Å². The first-order valence-electron chi connectivity index (χ1n) is 5.88. The van der Waals surface area contributed by atoms with Crippen molar-refractivity contribution in [1.82, 2.24) is 9.78 Å². The molecule has 1 unspecified atom stereocenters. The Hall–Kier alpha value is -1.13. The fourth-order valence-corrected chi connectivity index (χ4v) is 2.45. The van der Waals surface area contributed by atoms with Crippen molar-refractivity contribution in [2.75, 3.05) is 0 Å². The van der Waals surface area contributed by atoms with E-state index in [2.05, 4.69) is 30.4 Å². The summed E-state index contributed by atoms with van der Waals surface area (Å²) in [5.41, 5.74) is 2.16. The molecule has 4 heteroatoms. The van der Waals surface area contributed by atoms with E-state index >= 15 is 0 Å². The second kappa shape index (κ2) is 5.47. The Morgan fingerprint density at radius 2 is 2.18 bits per heavy atom. The van der Waals surface area contributed by atoms with E-state index in [9.17, 15) is 5.11 Å². The van der Waals surface area contributed by atoms with E-state index in [0.717, 1.165) is 5.69 Å². The van der Waals surface area contributed by atoms with Crippen LogP contribution in [0.4, 0.5) is 0 Å². The lowest BCUT2D eigenvalue weighted by molar-refractivity contribution is 0.174. The van der Waals surface area contributed by atoms with Crippen LogP contribution in [-0.2, 0) is 12.8 Å². The first kappa shape index (κ1) is 12.3. The number of aliphatic hydroxyl groups excluding tert-OH is 1. The monoisotopic (exact) mass is 250 g/mol. The van der Waals surface area contributed by atoms with Crippen molar-refractivity contribution in [2.45, 2.75) is 38.8 Å². The van der Waals surface area contributed by atoms with Gasteiger partial charge < -0.3 is 5.11 Å². The Morgan fingerprint density at radius 1 is 1.35 bits per heavy atom. The van der Waals surface area contributed by atoms with E-state index in [1.807, 2.05) is 22.3 Å². The van der Waals surface area contributed by atoms with Crippen LogP contribution >= 0.6 is 11.3 Å². The molecular weight excluding hydrogens is 232 g/mol. The standard InChI is InChI=1S/C13H18N2OS/c1-10(2)15-5-3-12(14-15)8-13(16)7-11-4-6-17-9-11/h3-6,9-10,13,16H,7-8H2,1-2H3. The van der Waals surface area contributed by atoms with Crippen molar-refractivity contribution in [3.63, 3.8) is 0 Å². The third-order valence-corrected chi connectivity index (χ3v) is 3.42. The van der Waals surface area contributed by atoms with E-state index in [1.54, 1.807) is 11.3 Å². The smallest absolute Gasteiger partial charge is 0.0650 e. The van der Waals surface area contributed by atoms with Gasteiger partial charge in [0.15, 0.2) is 0 Å². The molecule has 0 fully saturated rings. The number of hydrogen-bond acceptors (Lipinski definition) is 3. The van der Waals surface area contributed by atoms with Gasteiger partial charge in [0.1, 0.15) is 0 Å². The van der Waals surface area contributed by atoms with Gasteiger partial charge in [-0.3, -0.25) is 4.68 Å². The lowest BCUT2D eigenvalue weighted by Gasteiger charge is -2.08. The summed E-state index contributed by atoms with van der Waals surface area (Å²) in [6.45, 7) is 4.19. The highest BCUT2D eigenvalue weighted by Crippen LogP contribution is 2.12. The van der Waals surface area contributed by atoms with Gasteiger partial charge in [-0.2, -0.15) is 16.4 Å². The van der Waals surface area contributed by atoms with Gasteiger partial charge in [0.2, 0.25) is 0 Å². The van der Waals surface area contributed by atoms with Crippen molar-refractivity contribution in [2.24, 2.45) is 0 Å². The van der Waals surface area contributed by atoms with E-state index in [0.29, 0.717) is 18.9 Å². The summed E-state index contributed by atoms with van der Waals surface area (Å²) < 4.78 is 1.92. The molecule has 2 heterocycles. The van der Waals surface area contributed by atoms with Crippen molar-refractivity contribution in [3.8, 4) is 0 Å². The zero-order valence-corrected chi connectivity index (χ0v) is 11.0. The average Bonchev–Trinajstić information content (AvgIpc) is 2.88. The molecule has 0 bridgehead atoms. The summed E-state index contributed by atoms with van der Waals surface area (Å²) in [4.78, 5) is 0. The van der Waals surface area contributed by atoms with Crippen LogP contribution in [0.15, 0.2) is 29.1 Å². The van der Waals surface area contributed by atoms with Crippen LogP contribution in [-0.4, -0.2) is 21.0 Å². The molecule has 0 radical (unpaired) electrons. The van der Waals surface area contributed by atoms with Crippen LogP contribution in [0.3, 0.4) is 0 Å². The molecule has 0 amide bonds. The van der Waals surface area contributed by atoms with Crippen molar-refractivity contribution in [3.05, 3.63) is 40.3 Å². The van der Waals surface area contributed by atoms with Gasteiger partial charge >= 0.3 is 0 Å². The first-order valence-corrected chi connectivity index (χ1v) is 6.82. The number of aliphatic hydroxyl groups is 1. The van der Waals surface area contributed by atoms with Crippen LogP contribution in [0.25, 0.3) is 0 Å². The van der Waals surface area contributed by atoms with Gasteiger partial charge in [0.05, 0.1) is 11.8 Å². The van der Waals surface area contributed by atoms with Crippen LogP contribution in [0, 0.1) is 0 Å². The van der Waals surface area contributed by atoms with Gasteiger partial charge in [0.25, 0.3) is 0 Å². The Labute approximate surface area is 106 Å². The summed E-state index contributed by atoms with van der Waals surface area (Å²) in [6.07, 6.45) is 2.95. The molecule has 1 N–H and O–H groups in total. The fourth-order valence-electron chi connectivity index (χ4n) is 1.77. The number of hydrogen-bond donors (Lipinski definition) is 1. The highest BCUT2D eigenvalue weighted by Gasteiger charge is 2.10. The van der Waals surface area contributed by atoms with E-state index in [-0.39, 0.29) is 6.10 Å². The summed E-state index contributed by atoms with van der Waals surface area (Å²) in [5.74, 6) is 0. The minimum atomic E-state index is -0.347. The Kier molecular flexibility index (Phi) is 3.97. The lowest BCUT2D eigenvalue weighted by Crippen LogP contribution is -2.14. The summed E-state index contributed by atoms with van der Waals surface area (Å²) in [6, 6.07) is 4.41. The molecule has 92 valence electrons. The second-order valence-electron chi connectivity index (χ2n) is 4.57. The molecule has 2 aromatic rings. The summed E-state index contributed by atoms with van der Waals surface area (Å²) in [5, 5.41) is 18.5. The molecule has 0 aliphatic rings. The number of rotatable bonds is 5. The largest absolute Gasteiger partial charge is 0.392 e. The quantitative estimate of drug-likeness (QED) is 0.886. The molecule has 3 nitrogen and oxygen atoms in total. The van der Waals surface area contributed by atoms with E-state index in [1.165, 1.54) is 5.56 Å². The number of nitrogens with zero attached hydrogens (tertiary/aromatic N) is 2. The van der Waals surface area contributed by atoms with Crippen LogP contribution in [0.2, 0.25) is 0 Å². The van der Waals surface area contributed by atoms with Crippen LogP contribution < -0.4 is 0 Å². The highest BCUT2D eigenvalue weighted by molar-refractivity contribution is 7.07. The third-order valence-electron chi connectivity index (χ3n) is 2.69. The van der Waals surface area contributed by atoms with Gasteiger partial charge in [-0.1, -0.05) is 0 Å². The molecule has 0 saturated heterocycles. The SMILES string of the molecule is CC(C)n1ccc(CC(O)Cc2ccsc2)n1. The maximum Gasteiger partial charge on any atom is 0.0650 e. The van der Waals surface area contributed by atoms with Gasteiger partial charge in [0, 0.05) is 18.7 Å². The minimum absolute atomic E-state index is 0.347. The predicted molar refractivity (Wildman–Crippen MR) is 70.3 cm³/mol. The fraction of sp³-hybridized carbons (Fsp3) is 0.462. The lowest BCUT2D eigenvalue weighted by atomic mass is 10.1. The summed E-state index contributed by atoms with van der Waals surface area (Å²) >= 11 is 1.67. The first-order chi connectivity index (χ1) is 8.15. The van der Waals surface area contributed by atoms with Crippen LogP contribution in [0.5, 0.6) is 0 Å². The molecule has 2 aromatic heterocycles. The molecule has 0 saturated carbocycles. The molecule has 0 aliphatic carbocycles. The van der Waals surface area contributed by atoms with Gasteiger partial charge in [-0.25, -0.2) is 0 Å². The number of thiophene rings is 1. The Bertz CT molecular complexity index is 448. The molecule has 17 heavy (non-hydrogen) atoms. The van der Waals surface area contributed by atoms with Crippen molar-refractivity contribution in [1.29, 1.82) is 0 Å². The molecule has 0 spiro atoms. The average molecular weight is 250 g/mol. The van der Waals surface area contributed by atoms with Crippen molar-refractivity contribution < 1.29 is 5.11 Å². The Balaban J connectivity index is 1.91. The highest BCUT2D eigenvalue weighted by atomic mass is 32.1. The molecular formula is C13H18N2OS. The molecule has 0 aromatic carbocycles. The number of aromatic nitrogens is 2. The minimum Gasteiger partial charge on any atom is -0.392 e. The summed E-state index contributed by atoms with van der Waals surface area (Å²) in [7, 11) is 0. The maximum atomic E-state index is 9.98. The third kappa shape index (κ3) is 3.41. The van der Waals surface area contributed by atoms with Gasteiger partial charge in [-0.05, 0) is 48.7 Å². The van der Waals surface area contributed by atoms with Gasteiger partial charge in [-0.15, -0.1) is 0 Å². The maximum absolute atomic E-state index is 9.98.